The van der Waals surface area contributed by atoms with Gasteiger partial charge in [-0.15, -0.1) is 11.3 Å². The second-order valence-corrected chi connectivity index (χ2v) is 7.67. The molecule has 0 spiro atoms. The van der Waals surface area contributed by atoms with Crippen molar-refractivity contribution in [2.45, 2.75) is 18.8 Å². The molecule has 3 aromatic heterocycles. The smallest absolute Gasteiger partial charge is 0.262 e. The van der Waals surface area contributed by atoms with Crippen molar-refractivity contribution in [2.24, 2.45) is 0 Å². The average molecular weight is 424 g/mol. The van der Waals surface area contributed by atoms with Crippen LogP contribution in [0, 0.1) is 11.6 Å². The van der Waals surface area contributed by atoms with Crippen LogP contribution in [0.1, 0.15) is 34.8 Å². The molecule has 1 N–H and O–H groups in total. The number of halogens is 2. The van der Waals surface area contributed by atoms with Gasteiger partial charge in [-0.3, -0.25) is 9.78 Å². The minimum Gasteiger partial charge on any atom is -0.305 e. The Morgan fingerprint density at radius 1 is 1.13 bits per heavy atom. The Hall–Kier alpha value is -3.53. The van der Waals surface area contributed by atoms with Gasteiger partial charge in [-0.2, -0.15) is 5.10 Å². The number of carbonyl (C=O) groups excluding carboxylic acids is 1. The van der Waals surface area contributed by atoms with Gasteiger partial charge in [0.25, 0.3) is 5.91 Å². The lowest BCUT2D eigenvalue weighted by Crippen LogP contribution is -2.16. The number of thiazole rings is 1. The number of carbonyl (C=O) groups is 1. The van der Waals surface area contributed by atoms with E-state index in [-0.39, 0.29) is 5.82 Å². The van der Waals surface area contributed by atoms with E-state index in [1.54, 1.807) is 10.9 Å². The minimum absolute atomic E-state index is 0.0895. The summed E-state index contributed by atoms with van der Waals surface area (Å²) in [5.74, 6) is -2.34. The van der Waals surface area contributed by atoms with Crippen molar-refractivity contribution in [3.05, 3.63) is 71.3 Å². The summed E-state index contributed by atoms with van der Waals surface area (Å²) in [5.41, 5.74) is 1.71. The van der Waals surface area contributed by atoms with Gasteiger partial charge in [-0.05, 0) is 25.0 Å². The largest absolute Gasteiger partial charge is 0.305 e. The maximum Gasteiger partial charge on any atom is 0.262 e. The van der Waals surface area contributed by atoms with Gasteiger partial charge in [-0.1, -0.05) is 6.07 Å². The lowest BCUT2D eigenvalue weighted by molar-refractivity contribution is 0.101. The highest BCUT2D eigenvalue weighted by Crippen LogP contribution is 2.43. The van der Waals surface area contributed by atoms with Crippen LogP contribution >= 0.6 is 11.3 Å². The van der Waals surface area contributed by atoms with E-state index in [0.29, 0.717) is 11.6 Å². The third-order valence-corrected chi connectivity index (χ3v) is 5.44. The van der Waals surface area contributed by atoms with Gasteiger partial charge in [0.15, 0.2) is 5.82 Å². The quantitative estimate of drug-likeness (QED) is 0.519. The first kappa shape index (κ1) is 18.5. The van der Waals surface area contributed by atoms with E-state index in [2.05, 4.69) is 25.4 Å². The normalized spacial score (nSPS) is 13.4. The predicted octanol–water partition coefficient (Wildman–Crippen LogP) is 4.19. The molecule has 4 aromatic rings. The number of hydrogen-bond acceptors (Lipinski definition) is 6. The molecule has 3 heterocycles. The highest BCUT2D eigenvalue weighted by molar-refractivity contribution is 7.12. The fraction of sp³-hybridized carbons (Fsp3) is 0.150. The second kappa shape index (κ2) is 7.38. The van der Waals surface area contributed by atoms with Crippen LogP contribution in [0.15, 0.2) is 48.4 Å². The van der Waals surface area contributed by atoms with Crippen LogP contribution in [-0.2, 0) is 0 Å². The summed E-state index contributed by atoms with van der Waals surface area (Å²) in [6.45, 7) is 0. The molecule has 1 amide bonds. The van der Waals surface area contributed by atoms with Crippen LogP contribution in [0.25, 0.3) is 16.4 Å². The zero-order chi connectivity index (χ0) is 20.7. The maximum atomic E-state index is 13.8. The zero-order valence-electron chi connectivity index (χ0n) is 15.4. The zero-order valence-corrected chi connectivity index (χ0v) is 16.2. The summed E-state index contributed by atoms with van der Waals surface area (Å²) < 4.78 is 29.3. The molecule has 0 aliphatic heterocycles. The third-order valence-electron chi connectivity index (χ3n) is 4.68. The van der Waals surface area contributed by atoms with Gasteiger partial charge < -0.3 is 5.32 Å². The molecule has 10 heteroatoms. The maximum absolute atomic E-state index is 13.8. The number of nitrogens with zero attached hydrogens (tertiary/aromatic N) is 5. The van der Waals surface area contributed by atoms with Gasteiger partial charge in [0, 0.05) is 29.3 Å². The fourth-order valence-corrected chi connectivity index (χ4v) is 3.66. The van der Waals surface area contributed by atoms with Gasteiger partial charge in [0.05, 0.1) is 23.8 Å². The van der Waals surface area contributed by atoms with E-state index in [1.807, 2.05) is 11.6 Å². The molecule has 0 saturated heterocycles. The number of amides is 1. The second-order valence-electron chi connectivity index (χ2n) is 6.80. The van der Waals surface area contributed by atoms with Gasteiger partial charge in [-0.25, -0.2) is 23.4 Å². The Kier molecular flexibility index (Phi) is 4.55. The van der Waals surface area contributed by atoms with Crippen molar-refractivity contribution >= 4 is 23.1 Å². The van der Waals surface area contributed by atoms with Crippen LogP contribution < -0.4 is 5.32 Å². The van der Waals surface area contributed by atoms with Crippen molar-refractivity contribution < 1.29 is 13.6 Å². The SMILES string of the molecule is O=C(Nc1cnc(-c2cn(-c3nccs3)nc2C2CC2)cn1)c1c(F)cccc1F. The van der Waals surface area contributed by atoms with Crippen LogP contribution in [0.3, 0.4) is 0 Å². The molecule has 0 atom stereocenters. The van der Waals surface area contributed by atoms with Crippen LogP contribution in [0.4, 0.5) is 14.6 Å². The summed E-state index contributed by atoms with van der Waals surface area (Å²) in [5, 5.41) is 9.67. The predicted molar refractivity (Wildman–Crippen MR) is 107 cm³/mol. The first-order chi connectivity index (χ1) is 14.6. The molecule has 7 nitrogen and oxygen atoms in total. The van der Waals surface area contributed by atoms with Crippen molar-refractivity contribution in [1.82, 2.24) is 24.7 Å². The molecule has 0 bridgehead atoms. The fourth-order valence-electron chi connectivity index (χ4n) is 3.10. The number of aromatic nitrogens is 5. The van der Waals surface area contributed by atoms with Crippen molar-refractivity contribution in [3.8, 4) is 16.4 Å². The Labute approximate surface area is 173 Å². The lowest BCUT2D eigenvalue weighted by Gasteiger charge is -2.07. The molecular weight excluding hydrogens is 410 g/mol. The number of anilines is 1. The number of hydrogen-bond donors (Lipinski definition) is 1. The van der Waals surface area contributed by atoms with E-state index in [9.17, 15) is 13.6 Å². The van der Waals surface area contributed by atoms with E-state index in [4.69, 9.17) is 0 Å². The van der Waals surface area contributed by atoms with Crippen LogP contribution in [0.2, 0.25) is 0 Å². The molecule has 150 valence electrons. The standard InChI is InChI=1S/C20H14F2N6OS/c21-13-2-1-3-14(22)17(13)19(29)26-16-9-24-15(8-25-16)12-10-28(20-23-6-7-30-20)27-18(12)11-4-5-11/h1-3,6-11H,4-5H2,(H,25,26,29). The monoisotopic (exact) mass is 424 g/mol. The number of benzene rings is 1. The first-order valence-corrected chi connectivity index (χ1v) is 10.1. The Morgan fingerprint density at radius 2 is 1.93 bits per heavy atom. The minimum atomic E-state index is -0.944. The van der Waals surface area contributed by atoms with E-state index in [1.165, 1.54) is 29.8 Å². The molecule has 0 unspecified atom stereocenters. The molecule has 1 saturated carbocycles. The molecule has 30 heavy (non-hydrogen) atoms. The van der Waals surface area contributed by atoms with Gasteiger partial charge in [0.2, 0.25) is 5.13 Å². The highest BCUT2D eigenvalue weighted by atomic mass is 32.1. The first-order valence-electron chi connectivity index (χ1n) is 9.17. The van der Waals surface area contributed by atoms with Crippen LogP contribution in [-0.4, -0.2) is 30.6 Å². The van der Waals surface area contributed by atoms with Crippen molar-refractivity contribution in [2.75, 3.05) is 5.32 Å². The molecule has 1 aliphatic rings. The molecule has 1 aliphatic carbocycles. The number of nitrogens with one attached hydrogen (secondary N) is 1. The number of rotatable bonds is 5. The van der Waals surface area contributed by atoms with Gasteiger partial charge >= 0.3 is 0 Å². The molecule has 1 fully saturated rings. The summed E-state index contributed by atoms with van der Waals surface area (Å²) in [4.78, 5) is 25.1. The topological polar surface area (TPSA) is 85.6 Å². The van der Waals surface area contributed by atoms with E-state index < -0.39 is 23.1 Å². The third kappa shape index (κ3) is 3.45. The Bertz CT molecular complexity index is 1200. The Balaban J connectivity index is 1.41. The average Bonchev–Trinajstić information content (AvgIpc) is 3.25. The molecular formula is C20H14F2N6OS. The lowest BCUT2D eigenvalue weighted by atomic mass is 10.1. The van der Waals surface area contributed by atoms with E-state index >= 15 is 0 Å². The molecule has 0 radical (unpaired) electrons. The van der Waals surface area contributed by atoms with Crippen molar-refractivity contribution in [1.29, 1.82) is 0 Å². The van der Waals surface area contributed by atoms with Crippen molar-refractivity contribution in [3.63, 3.8) is 0 Å². The van der Waals surface area contributed by atoms with Gasteiger partial charge in [0.1, 0.15) is 17.2 Å². The Morgan fingerprint density at radius 3 is 2.57 bits per heavy atom. The van der Waals surface area contributed by atoms with Crippen LogP contribution in [0.5, 0.6) is 0 Å². The summed E-state index contributed by atoms with van der Waals surface area (Å²) in [6, 6.07) is 3.23. The summed E-state index contributed by atoms with van der Waals surface area (Å²) in [6.07, 6.45) is 8.57. The highest BCUT2D eigenvalue weighted by Gasteiger charge is 2.30. The van der Waals surface area contributed by atoms with E-state index in [0.717, 1.165) is 41.4 Å². The summed E-state index contributed by atoms with van der Waals surface area (Å²) in [7, 11) is 0. The molecule has 5 rings (SSSR count). The molecule has 1 aromatic carbocycles. The summed E-state index contributed by atoms with van der Waals surface area (Å²) >= 11 is 1.48.